The zero-order chi connectivity index (χ0) is 9.30. The maximum atomic E-state index is 8.66. The maximum absolute atomic E-state index is 8.66. The number of rotatable bonds is 0. The van der Waals surface area contributed by atoms with Crippen LogP contribution in [0.25, 0.3) is 0 Å². The Morgan fingerprint density at radius 2 is 2.08 bits per heavy atom. The monoisotopic (exact) mass is 200 g/mol. The number of nitriles is 1. The number of hydrogen-bond acceptors (Lipinski definition) is 2. The lowest BCUT2D eigenvalue weighted by Crippen LogP contribution is -1.93. The van der Waals surface area contributed by atoms with Crippen molar-refractivity contribution in [2.75, 3.05) is 5.73 Å². The molecule has 0 aliphatic heterocycles. The molecule has 0 aromatic heterocycles. The van der Waals surface area contributed by atoms with E-state index in [1.165, 1.54) is 6.07 Å². The Hall–Kier alpha value is -0.910. The fourth-order valence-electron chi connectivity index (χ4n) is 0.850. The van der Waals surface area contributed by atoms with Gasteiger partial charge in [0.15, 0.2) is 0 Å². The number of nitrogen functional groups attached to an aromatic ring is 1. The highest BCUT2D eigenvalue weighted by Crippen LogP contribution is 2.31. The van der Waals surface area contributed by atoms with Gasteiger partial charge in [-0.1, -0.05) is 23.2 Å². The molecule has 0 bridgehead atoms. The number of benzene rings is 1. The SMILES string of the molecule is Cc1c(Cl)cc(N)c(C#N)c1Cl. The molecule has 0 radical (unpaired) electrons. The largest absolute Gasteiger partial charge is 0.398 e. The Bertz CT molecular complexity index is 366. The lowest BCUT2D eigenvalue weighted by atomic mass is 10.1. The fourth-order valence-corrected chi connectivity index (χ4v) is 1.36. The third-order valence-corrected chi connectivity index (χ3v) is 2.45. The van der Waals surface area contributed by atoms with Gasteiger partial charge in [-0.15, -0.1) is 0 Å². The van der Waals surface area contributed by atoms with E-state index >= 15 is 0 Å². The molecule has 1 aromatic rings. The summed E-state index contributed by atoms with van der Waals surface area (Å²) in [7, 11) is 0. The third-order valence-electron chi connectivity index (χ3n) is 1.59. The number of nitrogens with zero attached hydrogens (tertiary/aromatic N) is 1. The molecule has 1 aromatic carbocycles. The van der Waals surface area contributed by atoms with Gasteiger partial charge < -0.3 is 5.73 Å². The Kier molecular flexibility index (Phi) is 2.46. The van der Waals surface area contributed by atoms with Crippen molar-refractivity contribution < 1.29 is 0 Å². The molecule has 0 saturated carbocycles. The van der Waals surface area contributed by atoms with E-state index in [0.717, 1.165) is 0 Å². The second kappa shape index (κ2) is 3.22. The van der Waals surface area contributed by atoms with Gasteiger partial charge in [-0.2, -0.15) is 5.26 Å². The first-order chi connectivity index (χ1) is 5.57. The summed E-state index contributed by atoms with van der Waals surface area (Å²) in [6.07, 6.45) is 0. The molecule has 2 nitrogen and oxygen atoms in total. The maximum Gasteiger partial charge on any atom is 0.103 e. The van der Waals surface area contributed by atoms with Gasteiger partial charge in [0, 0.05) is 5.02 Å². The summed E-state index contributed by atoms with van der Waals surface area (Å²) in [4.78, 5) is 0. The van der Waals surface area contributed by atoms with E-state index < -0.39 is 0 Å². The summed E-state index contributed by atoms with van der Waals surface area (Å²) in [5, 5.41) is 9.48. The number of anilines is 1. The van der Waals surface area contributed by atoms with Gasteiger partial charge in [0.25, 0.3) is 0 Å². The first kappa shape index (κ1) is 9.18. The minimum Gasteiger partial charge on any atom is -0.398 e. The Morgan fingerprint density at radius 3 is 2.58 bits per heavy atom. The van der Waals surface area contributed by atoms with E-state index in [1.54, 1.807) is 6.92 Å². The predicted octanol–water partition coefficient (Wildman–Crippen LogP) is 2.76. The average molecular weight is 201 g/mol. The van der Waals surface area contributed by atoms with Crippen molar-refractivity contribution in [3.63, 3.8) is 0 Å². The normalized spacial score (nSPS) is 9.50. The molecular weight excluding hydrogens is 195 g/mol. The van der Waals surface area contributed by atoms with Crippen LogP contribution in [0.15, 0.2) is 6.07 Å². The second-order valence-electron chi connectivity index (χ2n) is 2.37. The highest BCUT2D eigenvalue weighted by molar-refractivity contribution is 6.37. The van der Waals surface area contributed by atoms with Crippen LogP contribution in [0.4, 0.5) is 5.69 Å². The summed E-state index contributed by atoms with van der Waals surface area (Å²) >= 11 is 11.6. The lowest BCUT2D eigenvalue weighted by molar-refractivity contribution is 1.42. The molecule has 4 heteroatoms. The van der Waals surface area contributed by atoms with Crippen LogP contribution in [0.5, 0.6) is 0 Å². The minimum atomic E-state index is 0.290. The molecule has 0 atom stereocenters. The van der Waals surface area contributed by atoms with Crippen molar-refractivity contribution in [3.8, 4) is 6.07 Å². The second-order valence-corrected chi connectivity index (χ2v) is 3.16. The van der Waals surface area contributed by atoms with E-state index in [9.17, 15) is 0 Å². The smallest absolute Gasteiger partial charge is 0.103 e. The number of hydrogen-bond donors (Lipinski definition) is 1. The van der Waals surface area contributed by atoms with E-state index in [4.69, 9.17) is 34.2 Å². The van der Waals surface area contributed by atoms with Gasteiger partial charge in [0.05, 0.1) is 16.3 Å². The first-order valence-electron chi connectivity index (χ1n) is 3.22. The lowest BCUT2D eigenvalue weighted by Gasteiger charge is -2.05. The van der Waals surface area contributed by atoms with Crippen molar-refractivity contribution in [1.29, 1.82) is 5.26 Å². The predicted molar refractivity (Wildman–Crippen MR) is 50.3 cm³/mol. The molecule has 0 fully saturated rings. The summed E-state index contributed by atoms with van der Waals surface area (Å²) < 4.78 is 0. The molecule has 12 heavy (non-hydrogen) atoms. The molecular formula is C8H6Cl2N2. The zero-order valence-corrected chi connectivity index (χ0v) is 7.87. The standard InChI is InChI=1S/C8H6Cl2N2/c1-4-6(9)2-7(12)5(3-11)8(4)10/h2H,12H2,1H3. The van der Waals surface area contributed by atoms with E-state index in [2.05, 4.69) is 0 Å². The third kappa shape index (κ3) is 1.34. The van der Waals surface area contributed by atoms with Gasteiger partial charge in [0.2, 0.25) is 0 Å². The van der Waals surface area contributed by atoms with E-state index in [0.29, 0.717) is 26.9 Å². The zero-order valence-electron chi connectivity index (χ0n) is 6.36. The summed E-state index contributed by atoms with van der Waals surface area (Å²) in [6, 6.07) is 3.45. The van der Waals surface area contributed by atoms with Crippen LogP contribution in [0.1, 0.15) is 11.1 Å². The number of nitrogens with two attached hydrogens (primary N) is 1. The van der Waals surface area contributed by atoms with Crippen LogP contribution >= 0.6 is 23.2 Å². The Balaban J connectivity index is 3.54. The van der Waals surface area contributed by atoms with Crippen molar-refractivity contribution in [3.05, 3.63) is 27.2 Å². The average Bonchev–Trinajstić information content (AvgIpc) is 2.01. The summed E-state index contributed by atoms with van der Waals surface area (Å²) in [5.41, 5.74) is 6.80. The van der Waals surface area contributed by atoms with Crippen LogP contribution < -0.4 is 5.73 Å². The molecule has 0 amide bonds. The molecule has 62 valence electrons. The van der Waals surface area contributed by atoms with Gasteiger partial charge in [-0.25, -0.2) is 0 Å². The van der Waals surface area contributed by atoms with Crippen molar-refractivity contribution >= 4 is 28.9 Å². The van der Waals surface area contributed by atoms with Gasteiger partial charge in [-0.05, 0) is 18.6 Å². The first-order valence-corrected chi connectivity index (χ1v) is 3.97. The Labute approximate surface area is 80.5 Å². The summed E-state index contributed by atoms with van der Waals surface area (Å²) in [6.45, 7) is 1.74. The van der Waals surface area contributed by atoms with Crippen molar-refractivity contribution in [2.45, 2.75) is 6.92 Å². The molecule has 1 rings (SSSR count). The molecule has 0 heterocycles. The van der Waals surface area contributed by atoms with Crippen LogP contribution in [0, 0.1) is 18.3 Å². The number of halogens is 2. The quantitative estimate of drug-likeness (QED) is 0.656. The van der Waals surface area contributed by atoms with Gasteiger partial charge in [0.1, 0.15) is 6.07 Å². The van der Waals surface area contributed by atoms with Crippen molar-refractivity contribution in [2.24, 2.45) is 0 Å². The highest BCUT2D eigenvalue weighted by atomic mass is 35.5. The molecule has 0 aliphatic rings. The molecule has 0 saturated heterocycles. The minimum absolute atomic E-state index is 0.290. The van der Waals surface area contributed by atoms with Crippen LogP contribution in [-0.2, 0) is 0 Å². The van der Waals surface area contributed by atoms with Gasteiger partial charge in [-0.3, -0.25) is 0 Å². The van der Waals surface area contributed by atoms with E-state index in [-0.39, 0.29) is 0 Å². The topological polar surface area (TPSA) is 49.8 Å². The highest BCUT2D eigenvalue weighted by Gasteiger charge is 2.10. The fraction of sp³-hybridized carbons (Fsp3) is 0.125. The van der Waals surface area contributed by atoms with Crippen LogP contribution in [0.2, 0.25) is 10.0 Å². The molecule has 0 unspecified atom stereocenters. The summed E-state index contributed by atoms with van der Waals surface area (Å²) in [5.74, 6) is 0. The van der Waals surface area contributed by atoms with Crippen molar-refractivity contribution in [1.82, 2.24) is 0 Å². The van der Waals surface area contributed by atoms with E-state index in [1.807, 2.05) is 6.07 Å². The van der Waals surface area contributed by atoms with Crippen LogP contribution in [0.3, 0.4) is 0 Å². The molecule has 0 spiro atoms. The molecule has 0 aliphatic carbocycles. The Morgan fingerprint density at radius 1 is 1.50 bits per heavy atom. The van der Waals surface area contributed by atoms with Gasteiger partial charge >= 0.3 is 0 Å². The van der Waals surface area contributed by atoms with Crippen LogP contribution in [-0.4, -0.2) is 0 Å². The molecule has 2 N–H and O–H groups in total.